The van der Waals surface area contributed by atoms with E-state index in [1.807, 2.05) is 25.1 Å². The Morgan fingerprint density at radius 1 is 1.03 bits per heavy atom. The van der Waals surface area contributed by atoms with Gasteiger partial charge < -0.3 is 9.88 Å². The second-order valence-corrected chi connectivity index (χ2v) is 9.09. The van der Waals surface area contributed by atoms with Gasteiger partial charge in [-0.1, -0.05) is 38.0 Å². The zero-order valence-electron chi connectivity index (χ0n) is 16.6. The van der Waals surface area contributed by atoms with Crippen molar-refractivity contribution in [3.8, 4) is 0 Å². The van der Waals surface area contributed by atoms with Crippen LogP contribution in [0, 0.1) is 0 Å². The summed E-state index contributed by atoms with van der Waals surface area (Å²) in [7, 11) is -3.88. The lowest BCUT2D eigenvalue weighted by Crippen LogP contribution is -2.37. The second kappa shape index (κ2) is 9.37. The number of rotatable bonds is 6. The van der Waals surface area contributed by atoms with Crippen LogP contribution < -0.4 is 10.9 Å². The molecule has 1 saturated heterocycles. The van der Waals surface area contributed by atoms with Crippen LogP contribution >= 0.6 is 0 Å². The third-order valence-electron chi connectivity index (χ3n) is 5.15. The van der Waals surface area contributed by atoms with Crippen molar-refractivity contribution in [1.29, 1.82) is 0 Å². The monoisotopic (exact) mass is 417 g/mol. The van der Waals surface area contributed by atoms with E-state index in [1.54, 1.807) is 6.07 Å². The predicted octanol–water partition coefficient (Wildman–Crippen LogP) is 2.61. The number of nitrogens with zero attached hydrogens (tertiary/aromatic N) is 2. The number of aromatic nitrogens is 1. The van der Waals surface area contributed by atoms with E-state index in [4.69, 9.17) is 0 Å². The van der Waals surface area contributed by atoms with Crippen LogP contribution in [0.15, 0.2) is 52.3 Å². The molecule has 0 aliphatic carbocycles. The summed E-state index contributed by atoms with van der Waals surface area (Å²) in [6.45, 7) is 2.59. The summed E-state index contributed by atoms with van der Waals surface area (Å²) in [4.78, 5) is 25.0. The molecule has 0 spiro atoms. The topological polar surface area (TPSA) is 88.5 Å². The number of hydrogen-bond donors (Lipinski definition) is 1. The molecule has 29 heavy (non-hydrogen) atoms. The van der Waals surface area contributed by atoms with Gasteiger partial charge >= 0.3 is 0 Å². The minimum absolute atomic E-state index is 0.250. The first-order valence-electron chi connectivity index (χ1n) is 10.0. The molecule has 1 aromatic carbocycles. The van der Waals surface area contributed by atoms with Gasteiger partial charge in [-0.25, -0.2) is 8.42 Å². The van der Waals surface area contributed by atoms with Gasteiger partial charge in [-0.15, -0.1) is 0 Å². The van der Waals surface area contributed by atoms with E-state index in [9.17, 15) is 18.0 Å². The fourth-order valence-electron chi connectivity index (χ4n) is 3.55. The molecule has 7 nitrogen and oxygen atoms in total. The standard InChI is InChI=1S/C21H27N3O4S/c1-2-17-10-5-6-11-18(17)22-20(25)16-23-13-9-12-19(21(23)26)29(27,28)24-14-7-3-4-8-15-24/h5-6,9-13H,2-4,7-8,14-16H2,1H3,(H,22,25). The molecule has 8 heteroatoms. The number of anilines is 1. The fraction of sp³-hybridized carbons (Fsp3) is 0.429. The molecule has 1 fully saturated rings. The Labute approximate surface area is 171 Å². The van der Waals surface area contributed by atoms with Gasteiger partial charge in [0.15, 0.2) is 0 Å². The first-order chi connectivity index (χ1) is 13.9. The lowest BCUT2D eigenvalue weighted by molar-refractivity contribution is -0.116. The Bertz CT molecular complexity index is 1020. The zero-order chi connectivity index (χ0) is 20.9. The molecule has 3 rings (SSSR count). The summed E-state index contributed by atoms with van der Waals surface area (Å²) in [6, 6.07) is 10.3. The van der Waals surface area contributed by atoms with Crippen LogP contribution in [0.1, 0.15) is 38.2 Å². The maximum atomic E-state index is 13.0. The zero-order valence-corrected chi connectivity index (χ0v) is 17.5. The molecule has 1 amide bonds. The number of carbonyl (C=O) groups is 1. The Morgan fingerprint density at radius 2 is 1.72 bits per heavy atom. The molecule has 2 aromatic rings. The molecule has 1 N–H and O–H groups in total. The van der Waals surface area contributed by atoms with Gasteiger partial charge in [-0.05, 0) is 43.0 Å². The van der Waals surface area contributed by atoms with E-state index < -0.39 is 15.6 Å². The van der Waals surface area contributed by atoms with Crippen molar-refractivity contribution in [3.05, 3.63) is 58.5 Å². The van der Waals surface area contributed by atoms with E-state index in [2.05, 4.69) is 5.32 Å². The van der Waals surface area contributed by atoms with E-state index in [0.29, 0.717) is 18.8 Å². The van der Waals surface area contributed by atoms with Crippen LogP contribution in [0.5, 0.6) is 0 Å². The average Bonchev–Trinajstić information content (AvgIpc) is 3.00. The van der Waals surface area contributed by atoms with Crippen LogP contribution in [0.2, 0.25) is 0 Å². The SMILES string of the molecule is CCc1ccccc1NC(=O)Cn1cccc(S(=O)(=O)N2CCCCCC2)c1=O. The molecule has 0 unspecified atom stereocenters. The minimum atomic E-state index is -3.88. The Kier molecular flexibility index (Phi) is 6.87. The first kappa shape index (κ1) is 21.3. The van der Waals surface area contributed by atoms with Crippen LogP contribution in [-0.2, 0) is 27.8 Å². The molecule has 2 heterocycles. The minimum Gasteiger partial charge on any atom is -0.324 e. The summed E-state index contributed by atoms with van der Waals surface area (Å²) in [5.41, 5.74) is 1.02. The first-order valence-corrected chi connectivity index (χ1v) is 11.4. The van der Waals surface area contributed by atoms with Gasteiger partial charge in [-0.2, -0.15) is 4.31 Å². The predicted molar refractivity (Wildman–Crippen MR) is 112 cm³/mol. The molecular weight excluding hydrogens is 390 g/mol. The fourth-order valence-corrected chi connectivity index (χ4v) is 5.16. The highest BCUT2D eigenvalue weighted by Gasteiger charge is 2.28. The van der Waals surface area contributed by atoms with Gasteiger partial charge in [0.1, 0.15) is 11.4 Å². The van der Waals surface area contributed by atoms with Gasteiger partial charge in [0.25, 0.3) is 5.56 Å². The highest BCUT2D eigenvalue weighted by atomic mass is 32.2. The number of nitrogens with one attached hydrogen (secondary N) is 1. The summed E-state index contributed by atoms with van der Waals surface area (Å²) in [5.74, 6) is -0.377. The summed E-state index contributed by atoms with van der Waals surface area (Å²) in [5, 5.41) is 2.81. The maximum Gasteiger partial charge on any atom is 0.271 e. The third-order valence-corrected chi connectivity index (χ3v) is 7.07. The van der Waals surface area contributed by atoms with Gasteiger partial charge in [0.05, 0.1) is 0 Å². The van der Waals surface area contributed by atoms with Crippen LogP contribution in [-0.4, -0.2) is 36.3 Å². The highest BCUT2D eigenvalue weighted by molar-refractivity contribution is 7.89. The van der Waals surface area contributed by atoms with E-state index in [-0.39, 0.29) is 17.3 Å². The quantitative estimate of drug-likeness (QED) is 0.783. The molecular formula is C21H27N3O4S. The van der Waals surface area contributed by atoms with Crippen molar-refractivity contribution >= 4 is 21.6 Å². The molecule has 0 bridgehead atoms. The van der Waals surface area contributed by atoms with Crippen molar-refractivity contribution in [3.63, 3.8) is 0 Å². The van der Waals surface area contributed by atoms with Crippen LogP contribution in [0.3, 0.4) is 0 Å². The smallest absolute Gasteiger partial charge is 0.271 e. The highest BCUT2D eigenvalue weighted by Crippen LogP contribution is 2.18. The Balaban J connectivity index is 1.81. The molecule has 0 radical (unpaired) electrons. The van der Waals surface area contributed by atoms with Crippen molar-refractivity contribution in [2.24, 2.45) is 0 Å². The average molecular weight is 418 g/mol. The van der Waals surface area contributed by atoms with Gasteiger partial charge in [-0.3, -0.25) is 9.59 Å². The van der Waals surface area contributed by atoms with Crippen molar-refractivity contribution in [1.82, 2.24) is 8.87 Å². The number of hydrogen-bond acceptors (Lipinski definition) is 4. The molecule has 1 aliphatic heterocycles. The number of aryl methyl sites for hydroxylation is 1. The second-order valence-electron chi connectivity index (χ2n) is 7.18. The summed E-state index contributed by atoms with van der Waals surface area (Å²) < 4.78 is 28.5. The summed E-state index contributed by atoms with van der Waals surface area (Å²) >= 11 is 0. The van der Waals surface area contributed by atoms with Gasteiger partial charge in [0.2, 0.25) is 15.9 Å². The van der Waals surface area contributed by atoms with Crippen LogP contribution in [0.25, 0.3) is 0 Å². The molecule has 156 valence electrons. The number of pyridine rings is 1. The van der Waals surface area contributed by atoms with Crippen molar-refractivity contribution in [2.45, 2.75) is 50.5 Å². The lowest BCUT2D eigenvalue weighted by atomic mass is 10.1. The van der Waals surface area contributed by atoms with Crippen molar-refractivity contribution in [2.75, 3.05) is 18.4 Å². The third kappa shape index (κ3) is 4.94. The Morgan fingerprint density at radius 3 is 2.41 bits per heavy atom. The molecule has 1 aromatic heterocycles. The van der Waals surface area contributed by atoms with E-state index in [0.717, 1.165) is 42.2 Å². The number of sulfonamides is 1. The van der Waals surface area contributed by atoms with Crippen LogP contribution in [0.4, 0.5) is 5.69 Å². The normalized spacial score (nSPS) is 15.6. The molecule has 1 aliphatic rings. The lowest BCUT2D eigenvalue weighted by Gasteiger charge is -2.20. The van der Waals surface area contributed by atoms with E-state index in [1.165, 1.54) is 22.6 Å². The largest absolute Gasteiger partial charge is 0.324 e. The van der Waals surface area contributed by atoms with E-state index >= 15 is 0 Å². The number of benzene rings is 1. The number of para-hydroxylation sites is 1. The Hall–Kier alpha value is -2.45. The molecule has 0 atom stereocenters. The van der Waals surface area contributed by atoms with Crippen molar-refractivity contribution < 1.29 is 13.2 Å². The summed E-state index contributed by atoms with van der Waals surface area (Å²) in [6.07, 6.45) is 5.77. The number of amides is 1. The number of carbonyl (C=O) groups excluding carboxylic acids is 1. The molecule has 0 saturated carbocycles. The van der Waals surface area contributed by atoms with Gasteiger partial charge in [0, 0.05) is 25.0 Å². The maximum absolute atomic E-state index is 13.0.